The van der Waals surface area contributed by atoms with Crippen LogP contribution >= 0.6 is 0 Å². The molecule has 1 fully saturated rings. The number of nitrogens with one attached hydrogen (secondary N) is 1. The van der Waals surface area contributed by atoms with Crippen molar-refractivity contribution in [1.29, 1.82) is 0 Å². The largest absolute Gasteiger partial charge is 0.377 e. The van der Waals surface area contributed by atoms with E-state index in [1.54, 1.807) is 0 Å². The Labute approximate surface area is 104 Å². The summed E-state index contributed by atoms with van der Waals surface area (Å²) in [6.45, 7) is 2.97. The van der Waals surface area contributed by atoms with Gasteiger partial charge in [-0.15, -0.1) is 0 Å². The van der Waals surface area contributed by atoms with Gasteiger partial charge >= 0.3 is 0 Å². The first kappa shape index (κ1) is 12.5. The Bertz CT molecular complexity index is 331. The summed E-state index contributed by atoms with van der Waals surface area (Å²) in [5.74, 6) is 0. The second kappa shape index (κ2) is 6.12. The Balaban J connectivity index is 1.96. The second-order valence-corrected chi connectivity index (χ2v) is 4.83. The fourth-order valence-corrected chi connectivity index (χ4v) is 2.35. The maximum atomic E-state index is 5.84. The van der Waals surface area contributed by atoms with Crippen molar-refractivity contribution < 1.29 is 4.74 Å². The van der Waals surface area contributed by atoms with Crippen molar-refractivity contribution in [3.8, 4) is 0 Å². The van der Waals surface area contributed by atoms with Crippen LogP contribution in [0.3, 0.4) is 0 Å². The molecule has 0 amide bonds. The van der Waals surface area contributed by atoms with E-state index in [-0.39, 0.29) is 0 Å². The molecule has 0 bridgehead atoms. The molecular formula is C14H22N2O. The van der Waals surface area contributed by atoms with E-state index in [1.807, 2.05) is 13.2 Å². The molecule has 1 N–H and O–H groups in total. The van der Waals surface area contributed by atoms with Crippen molar-refractivity contribution in [3.63, 3.8) is 0 Å². The highest BCUT2D eigenvalue weighted by Crippen LogP contribution is 2.18. The molecule has 2 atom stereocenters. The number of pyridine rings is 1. The topological polar surface area (TPSA) is 34.2 Å². The van der Waals surface area contributed by atoms with E-state index < -0.39 is 0 Å². The van der Waals surface area contributed by atoms with Crippen LogP contribution in [0.2, 0.25) is 0 Å². The Morgan fingerprint density at radius 3 is 2.94 bits per heavy atom. The van der Waals surface area contributed by atoms with Crippen molar-refractivity contribution in [2.45, 2.75) is 44.8 Å². The van der Waals surface area contributed by atoms with Crippen LogP contribution < -0.4 is 5.32 Å². The average Bonchev–Trinajstić information content (AvgIpc) is 2.39. The van der Waals surface area contributed by atoms with E-state index in [2.05, 4.69) is 29.4 Å². The Morgan fingerprint density at radius 1 is 1.47 bits per heavy atom. The molecule has 0 spiro atoms. The molecule has 2 rings (SSSR count). The third-order valence-electron chi connectivity index (χ3n) is 3.44. The third kappa shape index (κ3) is 3.51. The number of likely N-dealkylation sites (N-methyl/N-ethyl adjacent to an activating group) is 1. The molecule has 1 saturated heterocycles. The van der Waals surface area contributed by atoms with Gasteiger partial charge in [0.05, 0.1) is 6.10 Å². The smallest absolute Gasteiger partial charge is 0.0731 e. The predicted molar refractivity (Wildman–Crippen MR) is 69.1 cm³/mol. The molecule has 1 aromatic heterocycles. The summed E-state index contributed by atoms with van der Waals surface area (Å²) in [5, 5.41) is 3.37. The zero-order chi connectivity index (χ0) is 12.1. The van der Waals surface area contributed by atoms with E-state index in [0.29, 0.717) is 12.1 Å². The molecule has 2 unspecified atom stereocenters. The molecule has 0 saturated carbocycles. The maximum absolute atomic E-state index is 5.84. The van der Waals surface area contributed by atoms with Gasteiger partial charge in [-0.3, -0.25) is 4.98 Å². The van der Waals surface area contributed by atoms with Crippen LogP contribution in [0.25, 0.3) is 0 Å². The second-order valence-electron chi connectivity index (χ2n) is 4.83. The molecule has 0 aliphatic carbocycles. The van der Waals surface area contributed by atoms with Crippen molar-refractivity contribution >= 4 is 0 Å². The summed E-state index contributed by atoms with van der Waals surface area (Å²) in [6, 6.07) is 4.62. The summed E-state index contributed by atoms with van der Waals surface area (Å²) in [5.41, 5.74) is 2.35. The fraction of sp³-hybridized carbons (Fsp3) is 0.643. The fourth-order valence-electron chi connectivity index (χ4n) is 2.35. The van der Waals surface area contributed by atoms with E-state index >= 15 is 0 Å². The first-order chi connectivity index (χ1) is 8.29. The highest BCUT2D eigenvalue weighted by Gasteiger charge is 2.23. The van der Waals surface area contributed by atoms with Gasteiger partial charge in [-0.25, -0.2) is 0 Å². The Hall–Kier alpha value is -0.930. The van der Waals surface area contributed by atoms with Crippen LogP contribution in [-0.4, -0.2) is 30.8 Å². The number of hydrogen-bond acceptors (Lipinski definition) is 3. The SMILES string of the molecule is CNC(Cc1ccc(C)cn1)C1CCCCO1. The van der Waals surface area contributed by atoms with Crippen molar-refractivity contribution in [2.24, 2.45) is 0 Å². The van der Waals surface area contributed by atoms with Crippen LogP contribution in [0.5, 0.6) is 0 Å². The normalized spacial score (nSPS) is 22.4. The molecule has 0 aromatic carbocycles. The lowest BCUT2D eigenvalue weighted by Crippen LogP contribution is -2.42. The molecule has 94 valence electrons. The zero-order valence-corrected chi connectivity index (χ0v) is 10.8. The standard InChI is InChI=1S/C14H22N2O/c1-11-6-7-12(16-10-11)9-13(15-2)14-5-3-4-8-17-14/h6-7,10,13-15H,3-5,8-9H2,1-2H3. The lowest BCUT2D eigenvalue weighted by Gasteiger charge is -2.30. The lowest BCUT2D eigenvalue weighted by molar-refractivity contribution is -0.00605. The van der Waals surface area contributed by atoms with Gasteiger partial charge in [0.2, 0.25) is 0 Å². The number of hydrogen-bond donors (Lipinski definition) is 1. The van der Waals surface area contributed by atoms with Crippen molar-refractivity contribution in [2.75, 3.05) is 13.7 Å². The number of aryl methyl sites for hydroxylation is 1. The van der Waals surface area contributed by atoms with Crippen molar-refractivity contribution in [3.05, 3.63) is 29.6 Å². The molecule has 3 nitrogen and oxygen atoms in total. The van der Waals surface area contributed by atoms with E-state index in [4.69, 9.17) is 4.74 Å². The maximum Gasteiger partial charge on any atom is 0.0731 e. The van der Waals surface area contributed by atoms with Crippen LogP contribution in [0.4, 0.5) is 0 Å². The summed E-state index contributed by atoms with van der Waals surface area (Å²) in [4.78, 5) is 4.47. The number of nitrogens with zero attached hydrogens (tertiary/aromatic N) is 1. The number of ether oxygens (including phenoxy) is 1. The highest BCUT2D eigenvalue weighted by atomic mass is 16.5. The minimum Gasteiger partial charge on any atom is -0.377 e. The molecule has 2 heterocycles. The molecule has 1 aliphatic heterocycles. The highest BCUT2D eigenvalue weighted by molar-refractivity contribution is 5.13. The van der Waals surface area contributed by atoms with Crippen molar-refractivity contribution in [1.82, 2.24) is 10.3 Å². The molecular weight excluding hydrogens is 212 g/mol. The summed E-state index contributed by atoms with van der Waals surface area (Å²) < 4.78 is 5.84. The first-order valence-electron chi connectivity index (χ1n) is 6.50. The van der Waals surface area contributed by atoms with Crippen LogP contribution in [-0.2, 0) is 11.2 Å². The van der Waals surface area contributed by atoms with Gasteiger partial charge in [0.15, 0.2) is 0 Å². The monoisotopic (exact) mass is 234 g/mol. The van der Waals surface area contributed by atoms with Gasteiger partial charge in [-0.1, -0.05) is 6.07 Å². The summed E-state index contributed by atoms with van der Waals surface area (Å²) in [7, 11) is 2.01. The van der Waals surface area contributed by atoms with Crippen LogP contribution in [0.1, 0.15) is 30.5 Å². The minimum absolute atomic E-state index is 0.344. The average molecular weight is 234 g/mol. The molecule has 0 radical (unpaired) electrons. The van der Waals surface area contributed by atoms with E-state index in [9.17, 15) is 0 Å². The van der Waals surface area contributed by atoms with Gasteiger partial charge in [0.1, 0.15) is 0 Å². The van der Waals surface area contributed by atoms with E-state index in [0.717, 1.165) is 25.1 Å². The number of rotatable bonds is 4. The van der Waals surface area contributed by atoms with Gasteiger partial charge in [-0.2, -0.15) is 0 Å². The summed E-state index contributed by atoms with van der Waals surface area (Å²) >= 11 is 0. The zero-order valence-electron chi connectivity index (χ0n) is 10.8. The molecule has 17 heavy (non-hydrogen) atoms. The molecule has 3 heteroatoms. The lowest BCUT2D eigenvalue weighted by atomic mass is 9.98. The summed E-state index contributed by atoms with van der Waals surface area (Å²) in [6.07, 6.45) is 6.87. The van der Waals surface area contributed by atoms with E-state index in [1.165, 1.54) is 18.4 Å². The minimum atomic E-state index is 0.344. The van der Waals surface area contributed by atoms with Gasteiger partial charge in [-0.05, 0) is 44.9 Å². The molecule has 1 aromatic rings. The van der Waals surface area contributed by atoms with Crippen LogP contribution in [0.15, 0.2) is 18.3 Å². The first-order valence-corrected chi connectivity index (χ1v) is 6.50. The van der Waals surface area contributed by atoms with Gasteiger partial charge in [0, 0.05) is 31.0 Å². The van der Waals surface area contributed by atoms with Crippen LogP contribution in [0, 0.1) is 6.92 Å². The predicted octanol–water partition coefficient (Wildman–Crippen LogP) is 2.09. The molecule has 1 aliphatic rings. The Morgan fingerprint density at radius 2 is 2.35 bits per heavy atom. The quantitative estimate of drug-likeness (QED) is 0.866. The van der Waals surface area contributed by atoms with Gasteiger partial charge < -0.3 is 10.1 Å². The van der Waals surface area contributed by atoms with Gasteiger partial charge in [0.25, 0.3) is 0 Å². The third-order valence-corrected chi connectivity index (χ3v) is 3.44. The number of aromatic nitrogens is 1. The Kier molecular flexibility index (Phi) is 4.51.